The molecule has 18 heavy (non-hydrogen) atoms. The number of aromatic nitrogens is 1. The van der Waals surface area contributed by atoms with Crippen molar-refractivity contribution in [1.82, 2.24) is 9.88 Å². The fraction of sp³-hybridized carbons (Fsp3) is 0.643. The normalized spacial score (nSPS) is 28.5. The van der Waals surface area contributed by atoms with Crippen LogP contribution in [0.25, 0.3) is 0 Å². The number of pyridine rings is 1. The molecule has 2 fully saturated rings. The lowest BCUT2D eigenvalue weighted by Gasteiger charge is -2.43. The number of hydrogen-bond acceptors (Lipinski definition) is 3. The van der Waals surface area contributed by atoms with Gasteiger partial charge in [0.1, 0.15) is 5.82 Å². The van der Waals surface area contributed by atoms with Crippen LogP contribution >= 0.6 is 15.9 Å². The van der Waals surface area contributed by atoms with E-state index < -0.39 is 0 Å². The Labute approximate surface area is 117 Å². The molecule has 0 amide bonds. The van der Waals surface area contributed by atoms with Crippen molar-refractivity contribution in [3.05, 3.63) is 22.3 Å². The second-order valence-corrected chi connectivity index (χ2v) is 6.50. The van der Waals surface area contributed by atoms with Crippen molar-refractivity contribution in [3.63, 3.8) is 0 Å². The molecule has 98 valence electrons. The predicted octanol–water partition coefficient (Wildman–Crippen LogP) is 2.83. The Morgan fingerprint density at radius 1 is 1.39 bits per heavy atom. The molecule has 2 aliphatic rings. The summed E-state index contributed by atoms with van der Waals surface area (Å²) in [5.74, 6) is 1.16. The van der Waals surface area contributed by atoms with Crippen molar-refractivity contribution in [2.45, 2.75) is 38.8 Å². The lowest BCUT2D eigenvalue weighted by atomic mass is 10.1. The van der Waals surface area contributed by atoms with Crippen LogP contribution in [0.3, 0.4) is 0 Å². The molecule has 3 heterocycles. The van der Waals surface area contributed by atoms with Gasteiger partial charge in [0.2, 0.25) is 0 Å². The molecule has 0 saturated carbocycles. The van der Waals surface area contributed by atoms with Crippen LogP contribution in [0.2, 0.25) is 0 Å². The second kappa shape index (κ2) is 4.82. The molecule has 3 rings (SSSR count). The van der Waals surface area contributed by atoms with Crippen LogP contribution in [-0.4, -0.2) is 41.6 Å². The Kier molecular flexibility index (Phi) is 3.32. The molecule has 0 aliphatic carbocycles. The molecule has 0 bridgehead atoms. The van der Waals surface area contributed by atoms with E-state index in [1.165, 1.54) is 31.5 Å². The number of hydrogen-bond donors (Lipinski definition) is 0. The standard InChI is InChI=1S/C14H20BrN3/c1-10-6-12(15)7-16-14(10)18-9-13-4-3-5-17(13)8-11(18)2/h6-7,11,13H,3-5,8-9H2,1-2H3. The number of aryl methyl sites for hydroxylation is 1. The highest BCUT2D eigenvalue weighted by Gasteiger charge is 2.35. The van der Waals surface area contributed by atoms with Gasteiger partial charge in [-0.15, -0.1) is 0 Å². The molecule has 3 nitrogen and oxygen atoms in total. The fourth-order valence-electron chi connectivity index (χ4n) is 3.32. The van der Waals surface area contributed by atoms with Gasteiger partial charge in [0, 0.05) is 35.8 Å². The summed E-state index contributed by atoms with van der Waals surface area (Å²) in [7, 11) is 0. The molecule has 0 N–H and O–H groups in total. The van der Waals surface area contributed by atoms with Gasteiger partial charge in [0.15, 0.2) is 0 Å². The third-order valence-corrected chi connectivity index (χ3v) is 4.66. The topological polar surface area (TPSA) is 19.4 Å². The van der Waals surface area contributed by atoms with Gasteiger partial charge in [-0.3, -0.25) is 4.90 Å². The van der Waals surface area contributed by atoms with Gasteiger partial charge in [0.05, 0.1) is 0 Å². The quantitative estimate of drug-likeness (QED) is 0.795. The lowest BCUT2D eigenvalue weighted by Crippen LogP contribution is -2.55. The van der Waals surface area contributed by atoms with Gasteiger partial charge in [-0.2, -0.15) is 0 Å². The zero-order chi connectivity index (χ0) is 12.7. The molecule has 0 aromatic carbocycles. The Hall–Kier alpha value is -0.610. The fourth-order valence-corrected chi connectivity index (χ4v) is 3.76. The third kappa shape index (κ3) is 2.16. The highest BCUT2D eigenvalue weighted by molar-refractivity contribution is 9.10. The van der Waals surface area contributed by atoms with Crippen LogP contribution in [0.5, 0.6) is 0 Å². The van der Waals surface area contributed by atoms with E-state index in [2.05, 4.69) is 50.6 Å². The summed E-state index contributed by atoms with van der Waals surface area (Å²) < 4.78 is 1.07. The molecule has 2 atom stereocenters. The summed E-state index contributed by atoms with van der Waals surface area (Å²) in [6.07, 6.45) is 4.62. The molecular weight excluding hydrogens is 290 g/mol. The smallest absolute Gasteiger partial charge is 0.131 e. The van der Waals surface area contributed by atoms with E-state index in [1.54, 1.807) is 0 Å². The molecular formula is C14H20BrN3. The van der Waals surface area contributed by atoms with Crippen molar-refractivity contribution in [2.75, 3.05) is 24.5 Å². The molecule has 0 spiro atoms. The molecule has 2 saturated heterocycles. The van der Waals surface area contributed by atoms with Gasteiger partial charge in [-0.25, -0.2) is 4.98 Å². The zero-order valence-electron chi connectivity index (χ0n) is 11.1. The number of halogens is 1. The van der Waals surface area contributed by atoms with E-state index in [9.17, 15) is 0 Å². The SMILES string of the molecule is Cc1cc(Br)cnc1N1CC2CCCN2CC1C. The summed E-state index contributed by atoms with van der Waals surface area (Å²) >= 11 is 3.49. The highest BCUT2D eigenvalue weighted by Crippen LogP contribution is 2.29. The first kappa shape index (κ1) is 12.4. The molecule has 1 aromatic rings. The first-order chi connectivity index (χ1) is 8.65. The number of anilines is 1. The van der Waals surface area contributed by atoms with E-state index in [4.69, 9.17) is 0 Å². The number of piperazine rings is 1. The first-order valence-corrected chi connectivity index (χ1v) is 7.57. The number of fused-ring (bicyclic) bond motifs is 1. The molecule has 1 aromatic heterocycles. The van der Waals surface area contributed by atoms with Gasteiger partial charge >= 0.3 is 0 Å². The van der Waals surface area contributed by atoms with Gasteiger partial charge in [0.25, 0.3) is 0 Å². The maximum atomic E-state index is 4.63. The lowest BCUT2D eigenvalue weighted by molar-refractivity contribution is 0.202. The van der Waals surface area contributed by atoms with Gasteiger partial charge in [-0.05, 0) is 60.8 Å². The zero-order valence-corrected chi connectivity index (χ0v) is 12.7. The Bertz CT molecular complexity index is 449. The summed E-state index contributed by atoms with van der Waals surface area (Å²) in [5, 5.41) is 0. The maximum absolute atomic E-state index is 4.63. The van der Waals surface area contributed by atoms with Gasteiger partial charge in [-0.1, -0.05) is 0 Å². The molecule has 4 heteroatoms. The van der Waals surface area contributed by atoms with Crippen LogP contribution in [0.15, 0.2) is 16.7 Å². The number of rotatable bonds is 1. The van der Waals surface area contributed by atoms with E-state index in [0.29, 0.717) is 6.04 Å². The van der Waals surface area contributed by atoms with Crippen molar-refractivity contribution < 1.29 is 0 Å². The summed E-state index contributed by atoms with van der Waals surface area (Å²) in [5.41, 5.74) is 1.27. The average molecular weight is 310 g/mol. The summed E-state index contributed by atoms with van der Waals surface area (Å²) in [6.45, 7) is 8.08. The van der Waals surface area contributed by atoms with Crippen molar-refractivity contribution in [1.29, 1.82) is 0 Å². The molecule has 2 unspecified atom stereocenters. The number of nitrogens with zero attached hydrogens (tertiary/aromatic N) is 3. The Morgan fingerprint density at radius 2 is 2.22 bits per heavy atom. The molecule has 0 radical (unpaired) electrons. The Morgan fingerprint density at radius 3 is 3.00 bits per heavy atom. The minimum Gasteiger partial charge on any atom is -0.351 e. The van der Waals surface area contributed by atoms with Crippen molar-refractivity contribution >= 4 is 21.7 Å². The summed E-state index contributed by atoms with van der Waals surface area (Å²) in [6, 6.07) is 3.47. The van der Waals surface area contributed by atoms with E-state index in [1.807, 2.05) is 6.20 Å². The van der Waals surface area contributed by atoms with E-state index in [0.717, 1.165) is 22.9 Å². The average Bonchev–Trinajstić information content (AvgIpc) is 2.75. The monoisotopic (exact) mass is 309 g/mol. The maximum Gasteiger partial charge on any atom is 0.131 e. The minimum absolute atomic E-state index is 0.562. The first-order valence-electron chi connectivity index (χ1n) is 6.78. The summed E-state index contributed by atoms with van der Waals surface area (Å²) in [4.78, 5) is 9.77. The van der Waals surface area contributed by atoms with Crippen LogP contribution in [0.4, 0.5) is 5.82 Å². The Balaban J connectivity index is 1.86. The van der Waals surface area contributed by atoms with E-state index >= 15 is 0 Å². The van der Waals surface area contributed by atoms with E-state index in [-0.39, 0.29) is 0 Å². The van der Waals surface area contributed by atoms with Crippen LogP contribution in [-0.2, 0) is 0 Å². The second-order valence-electron chi connectivity index (χ2n) is 5.59. The largest absolute Gasteiger partial charge is 0.351 e. The van der Waals surface area contributed by atoms with Gasteiger partial charge < -0.3 is 4.90 Å². The highest BCUT2D eigenvalue weighted by atomic mass is 79.9. The van der Waals surface area contributed by atoms with Crippen LogP contribution in [0, 0.1) is 6.92 Å². The van der Waals surface area contributed by atoms with Crippen LogP contribution < -0.4 is 4.90 Å². The predicted molar refractivity (Wildman–Crippen MR) is 78.1 cm³/mol. The molecule has 2 aliphatic heterocycles. The van der Waals surface area contributed by atoms with Crippen molar-refractivity contribution in [2.24, 2.45) is 0 Å². The minimum atomic E-state index is 0.562. The third-order valence-electron chi connectivity index (χ3n) is 4.23. The van der Waals surface area contributed by atoms with Crippen LogP contribution in [0.1, 0.15) is 25.3 Å². The van der Waals surface area contributed by atoms with Crippen molar-refractivity contribution in [3.8, 4) is 0 Å².